The smallest absolute Gasteiger partial charge is 0.302 e. The number of nitrogens with two attached hydrogens (primary N) is 2. The molecule has 0 aromatic heterocycles. The van der Waals surface area contributed by atoms with E-state index < -0.39 is 0 Å². The summed E-state index contributed by atoms with van der Waals surface area (Å²) in [5.74, 6) is 4.11. The summed E-state index contributed by atoms with van der Waals surface area (Å²) < 4.78 is 4.11. The Labute approximate surface area is 71.2 Å². The third-order valence-corrected chi connectivity index (χ3v) is 0.443. The van der Waals surface area contributed by atoms with Crippen molar-refractivity contribution >= 4 is 24.3 Å². The molecule has 0 spiro atoms. The van der Waals surface area contributed by atoms with Crippen molar-refractivity contribution in [3.63, 3.8) is 0 Å². The Balaban J connectivity index is -0.000000107. The molecule has 7 heteroatoms. The molecule has 68 valence electrons. The zero-order valence-electron chi connectivity index (χ0n) is 6.38. The van der Waals surface area contributed by atoms with Gasteiger partial charge >= 0.3 is 5.97 Å². The Bertz CT molecular complexity index is 105. The summed E-state index contributed by atoms with van der Waals surface area (Å²) in [6.45, 7) is 1.36. The normalized spacial score (nSPS) is 6.09. The van der Waals surface area contributed by atoms with E-state index in [4.69, 9.17) is 5.41 Å². The van der Waals surface area contributed by atoms with E-state index in [2.05, 4.69) is 16.3 Å². The lowest BCUT2D eigenvalue weighted by molar-refractivity contribution is -0.137. The van der Waals surface area contributed by atoms with E-state index in [-0.39, 0.29) is 24.3 Å². The van der Waals surface area contributed by atoms with Crippen LogP contribution >= 0.6 is 12.4 Å². The average molecular weight is 185 g/mol. The highest BCUT2D eigenvalue weighted by Gasteiger charge is 1.75. The summed E-state index contributed by atoms with van der Waals surface area (Å²) >= 11 is 0. The Hall–Kier alpha value is -1.01. The Kier molecular flexibility index (Phi) is 17.6. The van der Waals surface area contributed by atoms with E-state index in [1.165, 1.54) is 14.0 Å². The molecule has 11 heavy (non-hydrogen) atoms. The number of methoxy groups -OCH3 is 1. The summed E-state index contributed by atoms with van der Waals surface area (Å²) in [5, 5.41) is 6.28. The van der Waals surface area contributed by atoms with Gasteiger partial charge in [0.25, 0.3) is 0 Å². The molecule has 0 rings (SSSR count). The number of halogens is 1. The molecule has 0 aromatic rings. The fourth-order valence-corrected chi connectivity index (χ4v) is 0. The van der Waals surface area contributed by atoms with E-state index >= 15 is 0 Å². The quantitative estimate of drug-likeness (QED) is 0.126. The highest BCUT2D eigenvalue weighted by Crippen LogP contribution is 1.60. The Morgan fingerprint density at radius 2 is 1.82 bits per heavy atom. The molecule has 0 fully saturated rings. The van der Waals surface area contributed by atoms with Crippen molar-refractivity contribution in [3.05, 3.63) is 0 Å². The molecule has 0 aliphatic rings. The topological polar surface area (TPSA) is 114 Å². The maximum absolute atomic E-state index is 9.59. The van der Waals surface area contributed by atoms with Gasteiger partial charge in [0.1, 0.15) is 0 Å². The van der Waals surface area contributed by atoms with Crippen LogP contribution in [-0.4, -0.2) is 19.0 Å². The van der Waals surface area contributed by atoms with Crippen LogP contribution in [0.4, 0.5) is 0 Å². The minimum absolute atomic E-state index is 0. The van der Waals surface area contributed by atoms with E-state index in [1.54, 1.807) is 0 Å². The van der Waals surface area contributed by atoms with Crippen LogP contribution in [0.25, 0.3) is 0 Å². The maximum Gasteiger partial charge on any atom is 0.302 e. The van der Waals surface area contributed by atoms with Crippen molar-refractivity contribution < 1.29 is 9.53 Å². The van der Waals surface area contributed by atoms with Gasteiger partial charge in [-0.15, -0.1) is 12.4 Å². The van der Waals surface area contributed by atoms with Crippen LogP contribution in [0.3, 0.4) is 0 Å². The Morgan fingerprint density at radius 1 is 1.64 bits per heavy atom. The van der Waals surface area contributed by atoms with Crippen molar-refractivity contribution in [2.45, 2.75) is 6.92 Å². The van der Waals surface area contributed by atoms with Crippen molar-refractivity contribution in [2.24, 2.45) is 11.6 Å². The van der Waals surface area contributed by atoms with Gasteiger partial charge in [-0.1, -0.05) is 0 Å². The van der Waals surface area contributed by atoms with Crippen LogP contribution in [0.2, 0.25) is 0 Å². The van der Waals surface area contributed by atoms with Crippen molar-refractivity contribution in [1.29, 1.82) is 5.41 Å². The maximum atomic E-state index is 9.59. The molecule has 0 saturated heterocycles. The molecule has 0 bridgehead atoms. The predicted molar refractivity (Wildman–Crippen MR) is 44.2 cm³/mol. The average Bonchev–Trinajstić information content (AvgIpc) is 1.89. The van der Waals surface area contributed by atoms with Gasteiger partial charge in [-0.25, -0.2) is 5.84 Å². The molecule has 0 aromatic carbocycles. The molecule has 0 atom stereocenters. The van der Waals surface area contributed by atoms with Gasteiger partial charge in [0.05, 0.1) is 7.11 Å². The number of nitrogens with one attached hydrogen (secondary N) is 2. The van der Waals surface area contributed by atoms with Crippen molar-refractivity contribution in [3.8, 4) is 0 Å². The van der Waals surface area contributed by atoms with Crippen LogP contribution in [0.5, 0.6) is 0 Å². The number of carbonyl (C=O) groups excluding carboxylic acids is 1. The van der Waals surface area contributed by atoms with Crippen molar-refractivity contribution in [1.82, 2.24) is 5.43 Å². The van der Waals surface area contributed by atoms with E-state index in [0.29, 0.717) is 0 Å². The fraction of sp³-hybridized carbons (Fsp3) is 0.500. The summed E-state index contributed by atoms with van der Waals surface area (Å²) in [7, 11) is 1.35. The van der Waals surface area contributed by atoms with E-state index in [1.807, 2.05) is 5.43 Å². The molecule has 0 saturated carbocycles. The summed E-state index contributed by atoms with van der Waals surface area (Å²) in [6, 6.07) is 0. The molecular formula is C4H13ClN4O2. The molecule has 0 unspecified atom stereocenters. The molecule has 0 aliphatic carbocycles. The lowest BCUT2D eigenvalue weighted by Gasteiger charge is -1.85. The number of ether oxygens (including phenoxy) is 1. The van der Waals surface area contributed by atoms with Crippen LogP contribution in [0.15, 0.2) is 0 Å². The van der Waals surface area contributed by atoms with Crippen molar-refractivity contribution in [2.75, 3.05) is 7.11 Å². The van der Waals surface area contributed by atoms with Gasteiger partial charge in [-0.05, 0) is 0 Å². The molecule has 0 aliphatic heterocycles. The number of rotatable bonds is 0. The number of hydrogen-bond donors (Lipinski definition) is 4. The van der Waals surface area contributed by atoms with E-state index in [9.17, 15) is 4.79 Å². The molecule has 0 amide bonds. The number of carbonyl (C=O) groups is 1. The molecule has 6 N–H and O–H groups in total. The first-order valence-corrected chi connectivity index (χ1v) is 2.39. The second kappa shape index (κ2) is 11.7. The van der Waals surface area contributed by atoms with Crippen LogP contribution in [0.1, 0.15) is 6.92 Å². The standard InChI is InChI=1S/C3H6O2.CH6N4.ClH/c1-3(4)5-2;2-1(3)5-4;/h1-2H3;4H2,(H4,2,3,5);1H. The van der Waals surface area contributed by atoms with Gasteiger partial charge in [0, 0.05) is 6.92 Å². The highest BCUT2D eigenvalue weighted by molar-refractivity contribution is 5.85. The third kappa shape index (κ3) is 49.1. The van der Waals surface area contributed by atoms with Crippen LogP contribution in [0, 0.1) is 5.41 Å². The largest absolute Gasteiger partial charge is 0.469 e. The predicted octanol–water partition coefficient (Wildman–Crippen LogP) is -1.06. The number of guanidine groups is 1. The molecule has 0 radical (unpaired) electrons. The monoisotopic (exact) mass is 184 g/mol. The van der Waals surface area contributed by atoms with Crippen LogP contribution in [-0.2, 0) is 9.53 Å². The zero-order valence-corrected chi connectivity index (χ0v) is 7.20. The summed E-state index contributed by atoms with van der Waals surface area (Å²) in [5.41, 5.74) is 6.53. The zero-order chi connectivity index (χ0) is 8.57. The minimum atomic E-state index is -0.245. The second-order valence-electron chi connectivity index (χ2n) is 1.25. The van der Waals surface area contributed by atoms with Gasteiger partial charge in [-0.3, -0.25) is 15.6 Å². The summed E-state index contributed by atoms with van der Waals surface area (Å²) in [6.07, 6.45) is 0. The van der Waals surface area contributed by atoms with Gasteiger partial charge < -0.3 is 10.5 Å². The lowest BCUT2D eigenvalue weighted by atomic mass is 10.8. The fourth-order valence-electron chi connectivity index (χ4n) is 0. The van der Waals surface area contributed by atoms with E-state index in [0.717, 1.165) is 0 Å². The SMILES string of the molecule is COC(C)=O.Cl.N=C(N)NN. The van der Waals surface area contributed by atoms with Crippen LogP contribution < -0.4 is 17.0 Å². The lowest BCUT2D eigenvalue weighted by Crippen LogP contribution is -2.35. The molecular weight excluding hydrogens is 172 g/mol. The minimum Gasteiger partial charge on any atom is -0.469 e. The van der Waals surface area contributed by atoms with Gasteiger partial charge in [0.15, 0.2) is 5.96 Å². The second-order valence-corrected chi connectivity index (χ2v) is 1.25. The first-order valence-electron chi connectivity index (χ1n) is 2.39. The molecule has 6 nitrogen and oxygen atoms in total. The first kappa shape index (κ1) is 16.5. The molecule has 0 heterocycles. The number of esters is 1. The third-order valence-electron chi connectivity index (χ3n) is 0.443. The van der Waals surface area contributed by atoms with Gasteiger partial charge in [0.2, 0.25) is 0 Å². The number of hydrogen-bond acceptors (Lipinski definition) is 4. The Morgan fingerprint density at radius 3 is 1.82 bits per heavy atom. The first-order chi connectivity index (χ1) is 4.54. The highest BCUT2D eigenvalue weighted by atomic mass is 35.5. The summed E-state index contributed by atoms with van der Waals surface area (Å²) in [4.78, 5) is 9.59. The number of hydrazine groups is 1. The van der Waals surface area contributed by atoms with Gasteiger partial charge in [-0.2, -0.15) is 0 Å².